The molecule has 1 atom stereocenters. The summed E-state index contributed by atoms with van der Waals surface area (Å²) in [7, 11) is 1.73. The van der Waals surface area contributed by atoms with Gasteiger partial charge in [-0.3, -0.25) is 0 Å². The monoisotopic (exact) mass is 367 g/mol. The smallest absolute Gasteiger partial charge is 0.122 e. The Hall–Kier alpha value is -0.840. The van der Waals surface area contributed by atoms with Crippen molar-refractivity contribution < 1.29 is 4.74 Å². The van der Waals surface area contributed by atoms with Gasteiger partial charge in [0.05, 0.1) is 16.9 Å². The lowest BCUT2D eigenvalue weighted by Gasteiger charge is -2.19. The van der Waals surface area contributed by atoms with Crippen molar-refractivity contribution in [2.75, 3.05) is 13.7 Å². The summed E-state index contributed by atoms with van der Waals surface area (Å²) in [5, 5.41) is 3.65. The van der Waals surface area contributed by atoms with Crippen molar-refractivity contribution in [3.63, 3.8) is 0 Å². The van der Waals surface area contributed by atoms with Gasteiger partial charge < -0.3 is 10.1 Å². The first-order valence-corrected chi connectivity index (χ1v) is 8.81. The fourth-order valence-electron chi connectivity index (χ4n) is 2.31. The molecule has 114 valence electrons. The van der Waals surface area contributed by atoms with Crippen molar-refractivity contribution in [3.8, 4) is 5.75 Å². The van der Waals surface area contributed by atoms with Gasteiger partial charge in [-0.2, -0.15) is 0 Å². The summed E-state index contributed by atoms with van der Waals surface area (Å²) in [5.41, 5.74) is 3.70. The number of ether oxygens (including phenoxy) is 1. The number of benzene rings is 1. The number of hydrogen-bond donors (Lipinski definition) is 1. The van der Waals surface area contributed by atoms with Gasteiger partial charge in [0, 0.05) is 4.88 Å². The van der Waals surface area contributed by atoms with Crippen LogP contribution in [-0.2, 0) is 0 Å². The van der Waals surface area contributed by atoms with Crippen LogP contribution in [0, 0.1) is 13.8 Å². The van der Waals surface area contributed by atoms with E-state index in [1.807, 2.05) is 0 Å². The highest BCUT2D eigenvalue weighted by molar-refractivity contribution is 9.11. The van der Waals surface area contributed by atoms with Gasteiger partial charge in [0.2, 0.25) is 0 Å². The SMILES string of the molecule is CCCNC(c1ccc(C)c(OC)c1)c1cc(C)c(Br)s1. The summed E-state index contributed by atoms with van der Waals surface area (Å²) in [6.07, 6.45) is 1.12. The second-order valence-electron chi connectivity index (χ2n) is 5.22. The highest BCUT2D eigenvalue weighted by Gasteiger charge is 2.18. The number of thiophene rings is 1. The van der Waals surface area contributed by atoms with Crippen molar-refractivity contribution in [1.29, 1.82) is 0 Å². The number of nitrogens with one attached hydrogen (secondary N) is 1. The molecule has 0 aliphatic heterocycles. The Kier molecular flexibility index (Phi) is 5.85. The van der Waals surface area contributed by atoms with Crippen LogP contribution in [0.15, 0.2) is 28.1 Å². The van der Waals surface area contributed by atoms with Crippen LogP contribution in [0.1, 0.15) is 41.0 Å². The molecular formula is C17H22BrNOS. The molecule has 21 heavy (non-hydrogen) atoms. The van der Waals surface area contributed by atoms with Crippen molar-refractivity contribution in [1.82, 2.24) is 5.32 Å². The predicted octanol–water partition coefficient (Wildman–Crippen LogP) is 5.23. The van der Waals surface area contributed by atoms with Crippen LogP contribution < -0.4 is 10.1 Å². The summed E-state index contributed by atoms with van der Waals surface area (Å²) >= 11 is 5.43. The molecule has 1 N–H and O–H groups in total. The zero-order valence-corrected chi connectivity index (χ0v) is 15.4. The molecule has 0 bridgehead atoms. The van der Waals surface area contributed by atoms with Gasteiger partial charge in [-0.15, -0.1) is 11.3 Å². The van der Waals surface area contributed by atoms with Gasteiger partial charge >= 0.3 is 0 Å². The van der Waals surface area contributed by atoms with Crippen LogP contribution in [0.2, 0.25) is 0 Å². The lowest BCUT2D eigenvalue weighted by atomic mass is 10.0. The molecule has 0 saturated heterocycles. The predicted molar refractivity (Wildman–Crippen MR) is 94.6 cm³/mol. The highest BCUT2D eigenvalue weighted by atomic mass is 79.9. The number of aryl methyl sites for hydroxylation is 2. The second kappa shape index (κ2) is 7.43. The van der Waals surface area contributed by atoms with E-state index in [0.717, 1.165) is 18.7 Å². The molecule has 2 rings (SSSR count). The molecule has 0 radical (unpaired) electrons. The Labute approximate surface area is 139 Å². The molecule has 0 spiro atoms. The zero-order valence-electron chi connectivity index (χ0n) is 13.0. The number of halogens is 1. The largest absolute Gasteiger partial charge is 0.496 e. The van der Waals surface area contributed by atoms with Gasteiger partial charge in [-0.25, -0.2) is 0 Å². The molecule has 1 heterocycles. The Balaban J connectivity index is 2.39. The lowest BCUT2D eigenvalue weighted by Crippen LogP contribution is -2.22. The first-order chi connectivity index (χ1) is 10.1. The Morgan fingerprint density at radius 2 is 2.00 bits per heavy atom. The van der Waals surface area contributed by atoms with Crippen LogP contribution in [0.4, 0.5) is 0 Å². The summed E-state index contributed by atoms with van der Waals surface area (Å²) in [6.45, 7) is 7.39. The van der Waals surface area contributed by atoms with Gasteiger partial charge in [0.15, 0.2) is 0 Å². The van der Waals surface area contributed by atoms with E-state index in [1.54, 1.807) is 18.4 Å². The van der Waals surface area contributed by atoms with Crippen LogP contribution in [0.5, 0.6) is 5.75 Å². The van der Waals surface area contributed by atoms with Crippen molar-refractivity contribution in [3.05, 3.63) is 49.6 Å². The summed E-state index contributed by atoms with van der Waals surface area (Å²) in [4.78, 5) is 1.33. The molecule has 1 aromatic heterocycles. The Morgan fingerprint density at radius 1 is 1.24 bits per heavy atom. The van der Waals surface area contributed by atoms with Crippen LogP contribution >= 0.6 is 27.3 Å². The molecule has 0 amide bonds. The molecule has 2 nitrogen and oxygen atoms in total. The first kappa shape index (κ1) is 16.5. The Morgan fingerprint density at radius 3 is 2.57 bits per heavy atom. The number of methoxy groups -OCH3 is 1. The third kappa shape index (κ3) is 3.87. The molecular weight excluding hydrogens is 346 g/mol. The molecule has 0 aliphatic carbocycles. The fraction of sp³-hybridized carbons (Fsp3) is 0.412. The quantitative estimate of drug-likeness (QED) is 0.754. The minimum Gasteiger partial charge on any atom is -0.496 e. The van der Waals surface area contributed by atoms with Crippen LogP contribution in [-0.4, -0.2) is 13.7 Å². The van der Waals surface area contributed by atoms with Crippen LogP contribution in [0.25, 0.3) is 0 Å². The topological polar surface area (TPSA) is 21.3 Å². The molecule has 0 aliphatic rings. The normalized spacial score (nSPS) is 12.4. The van der Waals surface area contributed by atoms with Gasteiger partial charge in [-0.1, -0.05) is 19.1 Å². The van der Waals surface area contributed by atoms with E-state index >= 15 is 0 Å². The van der Waals surface area contributed by atoms with Gasteiger partial charge in [0.25, 0.3) is 0 Å². The van der Waals surface area contributed by atoms with E-state index in [1.165, 1.54) is 25.4 Å². The summed E-state index contributed by atoms with van der Waals surface area (Å²) in [6, 6.07) is 8.94. The van der Waals surface area contributed by atoms with Crippen LogP contribution in [0.3, 0.4) is 0 Å². The van der Waals surface area contributed by atoms with Gasteiger partial charge in [0.1, 0.15) is 5.75 Å². The molecule has 4 heteroatoms. The van der Waals surface area contributed by atoms with Crippen molar-refractivity contribution >= 4 is 27.3 Å². The zero-order chi connectivity index (χ0) is 15.4. The van der Waals surface area contributed by atoms with E-state index in [0.29, 0.717) is 0 Å². The highest BCUT2D eigenvalue weighted by Crippen LogP contribution is 2.35. The van der Waals surface area contributed by atoms with Crippen molar-refractivity contribution in [2.45, 2.75) is 33.2 Å². The molecule has 1 unspecified atom stereocenters. The first-order valence-electron chi connectivity index (χ1n) is 7.20. The third-order valence-electron chi connectivity index (χ3n) is 3.52. The van der Waals surface area contributed by atoms with E-state index in [2.05, 4.69) is 66.3 Å². The molecule has 1 aromatic carbocycles. The van der Waals surface area contributed by atoms with Gasteiger partial charge in [-0.05, 0) is 71.6 Å². The average Bonchev–Trinajstić information content (AvgIpc) is 2.80. The van der Waals surface area contributed by atoms with E-state index in [9.17, 15) is 0 Å². The second-order valence-corrected chi connectivity index (χ2v) is 7.62. The maximum absolute atomic E-state index is 5.47. The van der Waals surface area contributed by atoms with E-state index in [4.69, 9.17) is 4.74 Å². The molecule has 2 aromatic rings. The third-order valence-corrected chi connectivity index (χ3v) is 5.73. The van der Waals surface area contributed by atoms with Crippen molar-refractivity contribution in [2.24, 2.45) is 0 Å². The number of rotatable bonds is 6. The molecule has 0 saturated carbocycles. The molecule has 0 fully saturated rings. The average molecular weight is 368 g/mol. The summed E-state index contributed by atoms with van der Waals surface area (Å²) < 4.78 is 6.68. The van der Waals surface area contributed by atoms with E-state index in [-0.39, 0.29) is 6.04 Å². The standard InChI is InChI=1S/C17H22BrNOS/c1-5-8-19-16(15-9-12(3)17(18)21-15)13-7-6-11(2)14(10-13)20-4/h6-7,9-10,16,19H,5,8H2,1-4H3. The minimum absolute atomic E-state index is 0.217. The fourth-order valence-corrected chi connectivity index (χ4v) is 3.99. The number of hydrogen-bond acceptors (Lipinski definition) is 3. The maximum atomic E-state index is 5.47. The lowest BCUT2D eigenvalue weighted by molar-refractivity contribution is 0.410. The van der Waals surface area contributed by atoms with E-state index < -0.39 is 0 Å². The summed E-state index contributed by atoms with van der Waals surface area (Å²) in [5.74, 6) is 0.947. The minimum atomic E-state index is 0.217. The maximum Gasteiger partial charge on any atom is 0.122 e. The Bertz CT molecular complexity index is 589.